The maximum Gasteiger partial charge on any atom is 0.176 e. The zero-order valence-electron chi connectivity index (χ0n) is 12.7. The third kappa shape index (κ3) is 2.74. The fourth-order valence-corrected chi connectivity index (χ4v) is 2.25. The molecule has 6 nitrogen and oxygen atoms in total. The Kier molecular flexibility index (Phi) is 3.70. The summed E-state index contributed by atoms with van der Waals surface area (Å²) in [6.07, 6.45) is 0. The topological polar surface area (TPSA) is 68.5 Å². The van der Waals surface area contributed by atoms with Gasteiger partial charge in [-0.25, -0.2) is 9.07 Å². The van der Waals surface area contributed by atoms with E-state index in [-0.39, 0.29) is 11.9 Å². The number of nitrogens with one attached hydrogen (secondary N) is 1. The van der Waals surface area contributed by atoms with Gasteiger partial charge in [0, 0.05) is 6.04 Å². The molecule has 1 N–H and O–H groups in total. The van der Waals surface area contributed by atoms with Crippen LogP contribution in [0, 0.1) is 12.7 Å². The Labute approximate surface area is 127 Å². The largest absolute Gasteiger partial charge is 0.365 e. The minimum atomic E-state index is -0.254. The van der Waals surface area contributed by atoms with Crippen LogP contribution in [0.3, 0.4) is 0 Å². The molecule has 0 unspecified atom stereocenters. The van der Waals surface area contributed by atoms with Gasteiger partial charge in [-0.05, 0) is 38.5 Å². The first-order valence-corrected chi connectivity index (χ1v) is 7.12. The summed E-state index contributed by atoms with van der Waals surface area (Å²) in [6.45, 7) is 6.41. The summed E-state index contributed by atoms with van der Waals surface area (Å²) >= 11 is 0. The lowest BCUT2D eigenvalue weighted by molar-refractivity contribution is 0.623. The molecule has 3 aromatic rings. The van der Waals surface area contributed by atoms with Gasteiger partial charge in [0.2, 0.25) is 0 Å². The average molecular weight is 300 g/mol. The molecule has 0 saturated carbocycles. The Morgan fingerprint density at radius 1 is 1.14 bits per heavy atom. The molecule has 0 bridgehead atoms. The summed E-state index contributed by atoms with van der Waals surface area (Å²) in [4.78, 5) is 0. The van der Waals surface area contributed by atoms with Gasteiger partial charge < -0.3 is 5.32 Å². The SMILES string of the molecule is Cc1nnc(NC(C)C)c2c1nnn2Cc1ccc(F)cc1. The highest BCUT2D eigenvalue weighted by atomic mass is 19.1. The van der Waals surface area contributed by atoms with Crippen molar-refractivity contribution in [2.24, 2.45) is 0 Å². The molecule has 1 aromatic carbocycles. The number of nitrogens with zero attached hydrogens (tertiary/aromatic N) is 5. The van der Waals surface area contributed by atoms with Crippen LogP contribution in [0.4, 0.5) is 10.2 Å². The van der Waals surface area contributed by atoms with Crippen molar-refractivity contribution in [1.82, 2.24) is 25.2 Å². The van der Waals surface area contributed by atoms with Crippen molar-refractivity contribution in [2.75, 3.05) is 5.32 Å². The predicted molar refractivity (Wildman–Crippen MR) is 82.1 cm³/mol. The van der Waals surface area contributed by atoms with Gasteiger partial charge >= 0.3 is 0 Å². The van der Waals surface area contributed by atoms with Crippen LogP contribution in [0.25, 0.3) is 11.0 Å². The van der Waals surface area contributed by atoms with Gasteiger partial charge in [-0.2, -0.15) is 5.10 Å². The molecule has 2 heterocycles. The summed E-state index contributed by atoms with van der Waals surface area (Å²) in [7, 11) is 0. The van der Waals surface area contributed by atoms with Gasteiger partial charge in [0.15, 0.2) is 5.82 Å². The van der Waals surface area contributed by atoms with E-state index in [0.29, 0.717) is 12.4 Å². The normalized spacial score (nSPS) is 11.3. The highest BCUT2D eigenvalue weighted by molar-refractivity contribution is 5.86. The summed E-state index contributed by atoms with van der Waals surface area (Å²) in [5.74, 6) is 0.402. The Morgan fingerprint density at radius 3 is 2.55 bits per heavy atom. The second kappa shape index (κ2) is 5.67. The minimum absolute atomic E-state index is 0.217. The first-order chi connectivity index (χ1) is 10.5. The average Bonchev–Trinajstić information content (AvgIpc) is 2.89. The standard InChI is InChI=1S/C15H17FN6/c1-9(2)17-15-14-13(10(3)18-20-15)19-21-22(14)8-11-4-6-12(16)7-5-11/h4-7,9H,8H2,1-3H3,(H,17,20). The number of halogens is 1. The maximum absolute atomic E-state index is 13.0. The van der Waals surface area contributed by atoms with Crippen LogP contribution in [0.15, 0.2) is 24.3 Å². The number of aryl methyl sites for hydroxylation is 1. The van der Waals surface area contributed by atoms with Gasteiger partial charge in [-0.15, -0.1) is 10.2 Å². The third-order valence-corrected chi connectivity index (χ3v) is 3.27. The molecule has 0 aliphatic rings. The van der Waals surface area contributed by atoms with Crippen LogP contribution >= 0.6 is 0 Å². The van der Waals surface area contributed by atoms with E-state index >= 15 is 0 Å². The van der Waals surface area contributed by atoms with Crippen molar-refractivity contribution in [3.8, 4) is 0 Å². The van der Waals surface area contributed by atoms with E-state index in [1.54, 1.807) is 16.8 Å². The third-order valence-electron chi connectivity index (χ3n) is 3.27. The van der Waals surface area contributed by atoms with E-state index in [1.807, 2.05) is 20.8 Å². The van der Waals surface area contributed by atoms with Gasteiger partial charge in [-0.1, -0.05) is 17.3 Å². The van der Waals surface area contributed by atoms with E-state index in [0.717, 1.165) is 22.3 Å². The molecule has 3 rings (SSSR count). The zero-order valence-corrected chi connectivity index (χ0v) is 12.7. The molecule has 7 heteroatoms. The molecule has 0 spiro atoms. The number of benzene rings is 1. The molecule has 0 saturated heterocycles. The molecular formula is C15H17FN6. The van der Waals surface area contributed by atoms with E-state index in [1.165, 1.54) is 12.1 Å². The van der Waals surface area contributed by atoms with Crippen molar-refractivity contribution in [2.45, 2.75) is 33.4 Å². The van der Waals surface area contributed by atoms with Gasteiger partial charge in [0.05, 0.1) is 12.2 Å². The van der Waals surface area contributed by atoms with Gasteiger partial charge in [-0.3, -0.25) is 0 Å². The molecule has 2 aromatic heterocycles. The quantitative estimate of drug-likeness (QED) is 0.802. The lowest BCUT2D eigenvalue weighted by atomic mass is 10.2. The molecule has 0 atom stereocenters. The summed E-state index contributed by atoms with van der Waals surface area (Å²) in [5, 5.41) is 20.0. The van der Waals surface area contributed by atoms with Crippen LogP contribution in [-0.4, -0.2) is 31.2 Å². The van der Waals surface area contributed by atoms with Crippen molar-refractivity contribution < 1.29 is 4.39 Å². The number of anilines is 1. The molecule has 0 aliphatic heterocycles. The van der Waals surface area contributed by atoms with Crippen molar-refractivity contribution in [3.05, 3.63) is 41.3 Å². The molecule has 0 radical (unpaired) electrons. The lowest BCUT2D eigenvalue weighted by Crippen LogP contribution is -2.14. The fourth-order valence-electron chi connectivity index (χ4n) is 2.25. The molecule has 0 amide bonds. The number of hydrogen-bond donors (Lipinski definition) is 1. The Bertz CT molecular complexity index is 794. The zero-order chi connectivity index (χ0) is 15.7. The van der Waals surface area contributed by atoms with Crippen molar-refractivity contribution in [3.63, 3.8) is 0 Å². The summed E-state index contributed by atoms with van der Waals surface area (Å²) in [6, 6.07) is 6.56. The van der Waals surface area contributed by atoms with E-state index in [2.05, 4.69) is 25.8 Å². The predicted octanol–water partition coefficient (Wildman–Crippen LogP) is 2.54. The van der Waals surface area contributed by atoms with Gasteiger partial charge in [0.25, 0.3) is 0 Å². The van der Waals surface area contributed by atoms with Crippen LogP contribution in [0.2, 0.25) is 0 Å². The second-order valence-corrected chi connectivity index (χ2v) is 5.50. The number of fused-ring (bicyclic) bond motifs is 1. The van der Waals surface area contributed by atoms with Gasteiger partial charge in [0.1, 0.15) is 16.9 Å². The lowest BCUT2D eigenvalue weighted by Gasteiger charge is -2.11. The maximum atomic E-state index is 13.0. The Morgan fingerprint density at radius 2 is 1.86 bits per heavy atom. The number of rotatable bonds is 4. The van der Waals surface area contributed by atoms with E-state index < -0.39 is 0 Å². The van der Waals surface area contributed by atoms with Crippen LogP contribution in [-0.2, 0) is 6.54 Å². The molecule has 22 heavy (non-hydrogen) atoms. The highest BCUT2D eigenvalue weighted by Gasteiger charge is 2.15. The minimum Gasteiger partial charge on any atom is -0.365 e. The van der Waals surface area contributed by atoms with Crippen molar-refractivity contribution >= 4 is 16.9 Å². The molecular weight excluding hydrogens is 283 g/mol. The Balaban J connectivity index is 2.05. The second-order valence-electron chi connectivity index (χ2n) is 5.50. The first kappa shape index (κ1) is 14.4. The number of aromatic nitrogens is 5. The highest BCUT2D eigenvalue weighted by Crippen LogP contribution is 2.22. The summed E-state index contributed by atoms with van der Waals surface area (Å²) < 4.78 is 14.8. The smallest absolute Gasteiger partial charge is 0.176 e. The van der Waals surface area contributed by atoms with Crippen LogP contribution < -0.4 is 5.32 Å². The fraction of sp³-hybridized carbons (Fsp3) is 0.333. The Hall–Kier alpha value is -2.57. The monoisotopic (exact) mass is 300 g/mol. The van der Waals surface area contributed by atoms with E-state index in [9.17, 15) is 4.39 Å². The molecule has 0 aliphatic carbocycles. The first-order valence-electron chi connectivity index (χ1n) is 7.12. The van der Waals surface area contributed by atoms with E-state index in [4.69, 9.17) is 0 Å². The molecule has 114 valence electrons. The van der Waals surface area contributed by atoms with Crippen LogP contribution in [0.5, 0.6) is 0 Å². The molecule has 0 fully saturated rings. The van der Waals surface area contributed by atoms with Crippen molar-refractivity contribution in [1.29, 1.82) is 0 Å². The van der Waals surface area contributed by atoms with Crippen LogP contribution in [0.1, 0.15) is 25.1 Å². The number of hydrogen-bond acceptors (Lipinski definition) is 5. The summed E-state index contributed by atoms with van der Waals surface area (Å²) in [5.41, 5.74) is 3.21.